The van der Waals surface area contributed by atoms with Crippen molar-refractivity contribution in [3.8, 4) is 0 Å². The van der Waals surface area contributed by atoms with Gasteiger partial charge in [-0.15, -0.1) is 0 Å². The molecule has 0 atom stereocenters. The molecule has 0 aliphatic carbocycles. The molecule has 0 saturated heterocycles. The maximum Gasteiger partial charge on any atom is 0.242 e. The number of rotatable bonds is 7. The van der Waals surface area contributed by atoms with Crippen LogP contribution in [0.4, 0.5) is 0 Å². The minimum absolute atomic E-state index is 0.146. The normalized spacial score (nSPS) is 11.7. The lowest BCUT2D eigenvalue weighted by Gasteiger charge is -2.06. The van der Waals surface area contributed by atoms with E-state index < -0.39 is 10.0 Å². The largest absolute Gasteiger partial charge is 0.349 e. The van der Waals surface area contributed by atoms with Crippen LogP contribution in [0.15, 0.2) is 35.6 Å². The van der Waals surface area contributed by atoms with Crippen molar-refractivity contribution in [1.29, 1.82) is 0 Å². The van der Waals surface area contributed by atoms with Gasteiger partial charge in [-0.05, 0) is 18.6 Å². The summed E-state index contributed by atoms with van der Waals surface area (Å²) in [7, 11) is -3.51. The van der Waals surface area contributed by atoms with Crippen molar-refractivity contribution in [3.05, 3.63) is 42.2 Å². The van der Waals surface area contributed by atoms with Gasteiger partial charge in [0.05, 0.1) is 5.69 Å². The van der Waals surface area contributed by atoms with Gasteiger partial charge in [0.15, 0.2) is 0 Å². The third-order valence-corrected chi connectivity index (χ3v) is 4.20. The summed E-state index contributed by atoms with van der Waals surface area (Å²) in [5.41, 5.74) is 6.07. The predicted molar refractivity (Wildman–Crippen MR) is 74.2 cm³/mol. The van der Waals surface area contributed by atoms with Crippen LogP contribution in [0, 0.1) is 0 Å². The Bertz CT molecular complexity index is 622. The Morgan fingerprint density at radius 3 is 2.75 bits per heavy atom. The maximum absolute atomic E-state index is 12.0. The highest BCUT2D eigenvalue weighted by molar-refractivity contribution is 7.89. The van der Waals surface area contributed by atoms with E-state index in [4.69, 9.17) is 5.73 Å². The summed E-state index contributed by atoms with van der Waals surface area (Å²) in [4.78, 5) is 11.2. The Hall–Kier alpha value is -1.77. The highest BCUT2D eigenvalue weighted by Gasteiger charge is 2.13. The smallest absolute Gasteiger partial charge is 0.242 e. The van der Waals surface area contributed by atoms with Gasteiger partial charge in [-0.2, -0.15) is 0 Å². The molecular weight excluding hydrogens is 278 g/mol. The molecule has 2 aromatic rings. The number of aromatic nitrogens is 3. The first-order chi connectivity index (χ1) is 9.62. The number of H-pyrrole nitrogens is 1. The molecule has 0 aromatic carbocycles. The maximum atomic E-state index is 12.0. The Kier molecular flexibility index (Phi) is 4.83. The summed E-state index contributed by atoms with van der Waals surface area (Å²) >= 11 is 0. The monoisotopic (exact) mass is 295 g/mol. The predicted octanol–water partition coefficient (Wildman–Crippen LogP) is 0.174. The highest BCUT2D eigenvalue weighted by Crippen LogP contribution is 2.07. The van der Waals surface area contributed by atoms with Crippen LogP contribution in [-0.2, 0) is 23.0 Å². The van der Waals surface area contributed by atoms with Crippen molar-refractivity contribution in [2.75, 3.05) is 6.54 Å². The molecule has 0 aliphatic heterocycles. The standard InChI is InChI=1S/C12H17N5O2S/c13-8-10-3-4-11(9-16-10)20(18,19)17-5-1-2-12-14-6-7-15-12/h3-4,6-7,9,17H,1-2,5,8,13H2,(H,14,15). The SMILES string of the molecule is NCc1ccc(S(=O)(=O)NCCCc2ncc[nH]2)cn1. The number of nitrogens with two attached hydrogens (primary N) is 1. The summed E-state index contributed by atoms with van der Waals surface area (Å²) in [5, 5.41) is 0. The average Bonchev–Trinajstić information content (AvgIpc) is 2.97. The first-order valence-electron chi connectivity index (χ1n) is 6.25. The van der Waals surface area contributed by atoms with E-state index >= 15 is 0 Å². The van der Waals surface area contributed by atoms with E-state index in [2.05, 4.69) is 19.7 Å². The summed E-state index contributed by atoms with van der Waals surface area (Å²) in [6.45, 7) is 0.637. The molecule has 0 aliphatic rings. The lowest BCUT2D eigenvalue weighted by atomic mass is 10.3. The summed E-state index contributed by atoms with van der Waals surface area (Å²) in [6, 6.07) is 3.11. The van der Waals surface area contributed by atoms with Gasteiger partial charge in [0.25, 0.3) is 0 Å². The number of nitrogens with one attached hydrogen (secondary N) is 2. The van der Waals surface area contributed by atoms with Gasteiger partial charge in [0.2, 0.25) is 10.0 Å². The van der Waals surface area contributed by atoms with Crippen LogP contribution in [0.5, 0.6) is 0 Å². The van der Waals surface area contributed by atoms with Gasteiger partial charge >= 0.3 is 0 Å². The third kappa shape index (κ3) is 3.86. The Labute approximate surface area is 117 Å². The number of aromatic amines is 1. The molecule has 4 N–H and O–H groups in total. The summed E-state index contributed by atoms with van der Waals surface area (Å²) in [5.74, 6) is 0.846. The fraction of sp³-hybridized carbons (Fsp3) is 0.333. The number of aryl methyl sites for hydroxylation is 1. The first-order valence-corrected chi connectivity index (χ1v) is 7.73. The molecule has 2 heterocycles. The molecule has 2 rings (SSSR count). The second-order valence-corrected chi connectivity index (χ2v) is 5.99. The molecule has 0 radical (unpaired) electrons. The Morgan fingerprint density at radius 1 is 1.30 bits per heavy atom. The zero-order chi connectivity index (χ0) is 14.4. The zero-order valence-electron chi connectivity index (χ0n) is 10.9. The molecule has 8 heteroatoms. The van der Waals surface area contributed by atoms with E-state index in [1.54, 1.807) is 18.5 Å². The number of nitrogens with zero attached hydrogens (tertiary/aromatic N) is 2. The van der Waals surface area contributed by atoms with E-state index in [-0.39, 0.29) is 11.4 Å². The van der Waals surface area contributed by atoms with E-state index in [1.165, 1.54) is 12.3 Å². The average molecular weight is 295 g/mol. The van der Waals surface area contributed by atoms with Crippen molar-refractivity contribution in [3.63, 3.8) is 0 Å². The van der Waals surface area contributed by atoms with Gasteiger partial charge in [-0.1, -0.05) is 0 Å². The van der Waals surface area contributed by atoms with Crippen LogP contribution in [-0.4, -0.2) is 29.9 Å². The Morgan fingerprint density at radius 2 is 2.15 bits per heavy atom. The first kappa shape index (κ1) is 14.6. The number of hydrogen-bond donors (Lipinski definition) is 3. The van der Waals surface area contributed by atoms with E-state index in [9.17, 15) is 8.42 Å². The number of imidazole rings is 1. The lowest BCUT2D eigenvalue weighted by molar-refractivity contribution is 0.578. The van der Waals surface area contributed by atoms with Gasteiger partial charge in [0, 0.05) is 38.1 Å². The van der Waals surface area contributed by atoms with E-state index in [0.717, 1.165) is 5.82 Å². The number of pyridine rings is 1. The van der Waals surface area contributed by atoms with Gasteiger partial charge in [0.1, 0.15) is 10.7 Å². The molecule has 0 unspecified atom stereocenters. The van der Waals surface area contributed by atoms with Gasteiger partial charge in [-0.25, -0.2) is 18.1 Å². The van der Waals surface area contributed by atoms with Crippen LogP contribution in [0.25, 0.3) is 0 Å². The molecule has 108 valence electrons. The van der Waals surface area contributed by atoms with Crippen LogP contribution in [0.3, 0.4) is 0 Å². The molecule has 20 heavy (non-hydrogen) atoms. The molecule has 2 aromatic heterocycles. The minimum atomic E-state index is -3.51. The molecular formula is C12H17N5O2S. The van der Waals surface area contributed by atoms with Crippen molar-refractivity contribution in [2.24, 2.45) is 5.73 Å². The molecule has 0 amide bonds. The lowest BCUT2D eigenvalue weighted by Crippen LogP contribution is -2.25. The van der Waals surface area contributed by atoms with Crippen LogP contribution in [0.2, 0.25) is 0 Å². The topological polar surface area (TPSA) is 114 Å². The molecule has 0 bridgehead atoms. The van der Waals surface area contributed by atoms with Crippen LogP contribution >= 0.6 is 0 Å². The minimum Gasteiger partial charge on any atom is -0.349 e. The van der Waals surface area contributed by atoms with Crippen LogP contribution < -0.4 is 10.5 Å². The third-order valence-electron chi connectivity index (χ3n) is 2.75. The highest BCUT2D eigenvalue weighted by atomic mass is 32.2. The molecule has 0 spiro atoms. The number of hydrogen-bond acceptors (Lipinski definition) is 5. The van der Waals surface area contributed by atoms with Gasteiger partial charge < -0.3 is 10.7 Å². The number of sulfonamides is 1. The second kappa shape index (κ2) is 6.60. The van der Waals surface area contributed by atoms with E-state index in [0.29, 0.717) is 25.1 Å². The fourth-order valence-electron chi connectivity index (χ4n) is 1.67. The van der Waals surface area contributed by atoms with Crippen molar-refractivity contribution in [1.82, 2.24) is 19.7 Å². The van der Waals surface area contributed by atoms with Crippen molar-refractivity contribution in [2.45, 2.75) is 24.3 Å². The van der Waals surface area contributed by atoms with Crippen molar-refractivity contribution >= 4 is 10.0 Å². The molecule has 7 nitrogen and oxygen atoms in total. The quantitative estimate of drug-likeness (QED) is 0.630. The van der Waals surface area contributed by atoms with Gasteiger partial charge in [-0.3, -0.25) is 4.98 Å². The summed E-state index contributed by atoms with van der Waals surface area (Å²) < 4.78 is 26.5. The Balaban J connectivity index is 1.86. The van der Waals surface area contributed by atoms with Crippen molar-refractivity contribution < 1.29 is 8.42 Å². The fourth-order valence-corrected chi connectivity index (χ4v) is 2.69. The summed E-state index contributed by atoms with van der Waals surface area (Å²) in [6.07, 6.45) is 6.09. The van der Waals surface area contributed by atoms with E-state index in [1.807, 2.05) is 0 Å². The zero-order valence-corrected chi connectivity index (χ0v) is 11.7. The van der Waals surface area contributed by atoms with Crippen LogP contribution in [0.1, 0.15) is 17.9 Å². The molecule has 0 fully saturated rings. The second-order valence-electron chi connectivity index (χ2n) is 4.23. The molecule has 0 saturated carbocycles.